The van der Waals surface area contributed by atoms with Crippen molar-refractivity contribution in [3.05, 3.63) is 89.5 Å². The summed E-state index contributed by atoms with van der Waals surface area (Å²) in [5.41, 5.74) is 1.98. The van der Waals surface area contributed by atoms with Crippen molar-refractivity contribution in [2.45, 2.75) is 41.7 Å². The van der Waals surface area contributed by atoms with Gasteiger partial charge in [0, 0.05) is 0 Å². The van der Waals surface area contributed by atoms with Crippen molar-refractivity contribution in [1.29, 1.82) is 0 Å². The minimum absolute atomic E-state index is 0.599. The molecule has 0 fully saturated rings. The van der Waals surface area contributed by atoms with Crippen LogP contribution in [-0.4, -0.2) is 31.5 Å². The number of halogens is 1. The Bertz CT molecular complexity index is 1330. The fraction of sp³-hybridized carbons (Fsp3) is 0.182. The molecule has 0 aliphatic rings. The molecule has 0 bridgehead atoms. The zero-order valence-electron chi connectivity index (χ0n) is 18.7. The normalized spacial score (nSPS) is 13.0. The van der Waals surface area contributed by atoms with Crippen LogP contribution in [0.1, 0.15) is 16.7 Å². The SMILES string of the molecule is Cc1ccc(S(=O)(=O)OC(F)(OS(=O)(=O)c2ccc(C)cc2)OS(=O)(=O)c2ccc(C)cc2)cc1. The fourth-order valence-corrected chi connectivity index (χ4v) is 5.51. The van der Waals surface area contributed by atoms with Gasteiger partial charge < -0.3 is 0 Å². The number of aryl methyl sites for hydroxylation is 3. The summed E-state index contributed by atoms with van der Waals surface area (Å²) in [7, 11) is -15.3. The van der Waals surface area contributed by atoms with Crippen molar-refractivity contribution >= 4 is 30.4 Å². The van der Waals surface area contributed by atoms with Crippen LogP contribution in [0.4, 0.5) is 4.39 Å². The van der Waals surface area contributed by atoms with Gasteiger partial charge in [-0.15, -0.1) is 4.39 Å². The van der Waals surface area contributed by atoms with Gasteiger partial charge in [0.1, 0.15) is 0 Å². The lowest BCUT2D eigenvalue weighted by Gasteiger charge is -2.23. The van der Waals surface area contributed by atoms with Crippen LogP contribution < -0.4 is 0 Å². The van der Waals surface area contributed by atoms with Gasteiger partial charge in [0.05, 0.1) is 14.7 Å². The Kier molecular flexibility index (Phi) is 7.50. The van der Waals surface area contributed by atoms with Crippen molar-refractivity contribution in [3.63, 3.8) is 0 Å². The van der Waals surface area contributed by atoms with Crippen LogP contribution in [0.25, 0.3) is 0 Å². The molecule has 3 rings (SSSR count). The van der Waals surface area contributed by atoms with Crippen LogP contribution in [0, 0.1) is 20.8 Å². The zero-order chi connectivity index (χ0) is 26.1. The summed E-state index contributed by atoms with van der Waals surface area (Å²) in [4.78, 5) is -1.80. The molecule has 0 N–H and O–H groups in total. The largest absolute Gasteiger partial charge is 0.493 e. The van der Waals surface area contributed by atoms with E-state index in [1.165, 1.54) is 36.4 Å². The molecule has 0 radical (unpaired) electrons. The average Bonchev–Trinajstić information content (AvgIpc) is 2.73. The fourth-order valence-electron chi connectivity index (χ4n) is 2.69. The third kappa shape index (κ3) is 6.72. The van der Waals surface area contributed by atoms with Gasteiger partial charge in [-0.25, -0.2) is 0 Å². The minimum Gasteiger partial charge on any atom is -0.194 e. The molecular formula is C22H21FO9S3. The molecule has 0 aliphatic carbocycles. The van der Waals surface area contributed by atoms with E-state index in [-0.39, 0.29) is 0 Å². The molecule has 0 atom stereocenters. The summed E-state index contributed by atoms with van der Waals surface area (Å²) >= 11 is 0. The summed E-state index contributed by atoms with van der Waals surface area (Å²) in [6.45, 7) is 4.97. The van der Waals surface area contributed by atoms with Crippen LogP contribution in [-0.2, 0) is 42.9 Å². The highest BCUT2D eigenvalue weighted by Gasteiger charge is 2.50. The van der Waals surface area contributed by atoms with E-state index in [1.807, 2.05) is 0 Å². The summed E-state index contributed by atoms with van der Waals surface area (Å²) in [6.07, 6.45) is -4.61. The molecular weight excluding hydrogens is 523 g/mol. The highest BCUT2D eigenvalue weighted by Crippen LogP contribution is 2.32. The third-order valence-corrected chi connectivity index (χ3v) is 8.36. The van der Waals surface area contributed by atoms with E-state index in [2.05, 4.69) is 12.5 Å². The van der Waals surface area contributed by atoms with Crippen LogP contribution in [0.3, 0.4) is 0 Å². The van der Waals surface area contributed by atoms with E-state index in [1.54, 1.807) is 20.8 Å². The Morgan fingerprint density at radius 2 is 0.686 bits per heavy atom. The van der Waals surface area contributed by atoms with Crippen LogP contribution in [0.15, 0.2) is 87.5 Å². The molecule has 13 heteroatoms. The highest BCUT2D eigenvalue weighted by atomic mass is 32.2. The topological polar surface area (TPSA) is 130 Å². The molecule has 0 unspecified atom stereocenters. The van der Waals surface area contributed by atoms with Crippen molar-refractivity contribution in [1.82, 2.24) is 0 Å². The van der Waals surface area contributed by atoms with Crippen LogP contribution >= 0.6 is 0 Å². The van der Waals surface area contributed by atoms with Gasteiger partial charge in [0.2, 0.25) is 0 Å². The van der Waals surface area contributed by atoms with Crippen molar-refractivity contribution in [3.8, 4) is 0 Å². The minimum atomic E-state index is -5.11. The molecule has 0 spiro atoms. The first-order valence-electron chi connectivity index (χ1n) is 9.88. The Labute approximate surface area is 203 Å². The smallest absolute Gasteiger partial charge is 0.194 e. The number of rotatable bonds is 9. The second kappa shape index (κ2) is 9.76. The summed E-state index contributed by atoms with van der Waals surface area (Å²) in [6, 6.07) is 14.5. The molecule has 0 saturated heterocycles. The van der Waals surface area contributed by atoms with Gasteiger partial charge in [0.25, 0.3) is 0 Å². The Morgan fingerprint density at radius 1 is 0.486 bits per heavy atom. The molecule has 9 nitrogen and oxygen atoms in total. The van der Waals surface area contributed by atoms with E-state index in [9.17, 15) is 25.3 Å². The van der Waals surface area contributed by atoms with Gasteiger partial charge in [-0.2, -0.15) is 37.8 Å². The maximum atomic E-state index is 15.8. The maximum absolute atomic E-state index is 15.8. The van der Waals surface area contributed by atoms with E-state index < -0.39 is 51.3 Å². The lowest BCUT2D eigenvalue weighted by atomic mass is 10.2. The van der Waals surface area contributed by atoms with Crippen LogP contribution in [0.2, 0.25) is 0 Å². The summed E-state index contributed by atoms with van der Waals surface area (Å²) < 4.78 is 105. The Hall–Kier alpha value is -2.68. The molecule has 0 aliphatic heterocycles. The van der Waals surface area contributed by atoms with E-state index in [4.69, 9.17) is 0 Å². The van der Waals surface area contributed by atoms with Gasteiger partial charge in [-0.05, 0) is 57.2 Å². The molecule has 0 heterocycles. The number of hydrogen-bond acceptors (Lipinski definition) is 9. The van der Waals surface area contributed by atoms with E-state index >= 15 is 4.39 Å². The maximum Gasteiger partial charge on any atom is 0.493 e. The second-order valence-electron chi connectivity index (χ2n) is 7.53. The third-order valence-electron chi connectivity index (χ3n) is 4.56. The lowest BCUT2D eigenvalue weighted by molar-refractivity contribution is -0.333. The van der Waals surface area contributed by atoms with Crippen molar-refractivity contribution in [2.75, 3.05) is 0 Å². The van der Waals surface area contributed by atoms with E-state index in [0.29, 0.717) is 16.7 Å². The zero-order valence-corrected chi connectivity index (χ0v) is 21.2. The quantitative estimate of drug-likeness (QED) is 0.292. The Balaban J connectivity index is 2.05. The first-order valence-corrected chi connectivity index (χ1v) is 14.1. The molecule has 35 heavy (non-hydrogen) atoms. The monoisotopic (exact) mass is 544 g/mol. The number of hydrogen-bond donors (Lipinski definition) is 0. The first-order chi connectivity index (χ1) is 16.1. The van der Waals surface area contributed by atoms with Crippen molar-refractivity contribution < 1.29 is 42.2 Å². The molecule has 3 aromatic carbocycles. The molecule has 0 saturated carbocycles. The summed E-state index contributed by atoms with van der Waals surface area (Å²) in [5, 5.41) is 0. The van der Waals surface area contributed by atoms with E-state index in [0.717, 1.165) is 36.4 Å². The number of benzene rings is 3. The van der Waals surface area contributed by atoms with Gasteiger partial charge in [-0.3, -0.25) is 0 Å². The van der Waals surface area contributed by atoms with Gasteiger partial charge in [0.15, 0.2) is 0 Å². The predicted octanol–water partition coefficient (Wildman–Crippen LogP) is 3.71. The van der Waals surface area contributed by atoms with Crippen molar-refractivity contribution in [2.24, 2.45) is 0 Å². The molecule has 0 amide bonds. The van der Waals surface area contributed by atoms with Crippen LogP contribution in [0.5, 0.6) is 0 Å². The second-order valence-corrected chi connectivity index (χ2v) is 12.2. The summed E-state index contributed by atoms with van der Waals surface area (Å²) in [5.74, 6) is 0. The standard InChI is InChI=1S/C22H21FO9S3/c1-16-4-10-19(11-5-16)33(24,25)30-22(23,31-34(26,27)20-12-6-17(2)7-13-20)32-35(28,29)21-14-8-18(3)9-15-21/h4-15H,1-3H3. The molecule has 0 aromatic heterocycles. The lowest BCUT2D eigenvalue weighted by Crippen LogP contribution is -2.40. The Morgan fingerprint density at radius 3 is 0.886 bits per heavy atom. The number of alkyl halides is 1. The van der Waals surface area contributed by atoms with Gasteiger partial charge in [-0.1, -0.05) is 53.1 Å². The predicted molar refractivity (Wildman–Crippen MR) is 122 cm³/mol. The molecule has 3 aromatic rings. The first kappa shape index (κ1) is 26.9. The van der Waals surface area contributed by atoms with Gasteiger partial charge >= 0.3 is 36.6 Å². The average molecular weight is 545 g/mol. The highest BCUT2D eigenvalue weighted by molar-refractivity contribution is 7.88. The molecule has 188 valence electrons.